The van der Waals surface area contributed by atoms with Crippen molar-refractivity contribution in [3.8, 4) is 0 Å². The van der Waals surface area contributed by atoms with E-state index in [1.165, 1.54) is 24.3 Å². The molecule has 0 unspecified atom stereocenters. The number of carbonyl (C=O) groups excluding carboxylic acids is 1. The third-order valence-corrected chi connectivity index (χ3v) is 2.70. The maximum absolute atomic E-state index is 12.0. The predicted octanol–water partition coefficient (Wildman–Crippen LogP) is 1.63. The van der Waals surface area contributed by atoms with E-state index in [4.69, 9.17) is 0 Å². The molecule has 0 saturated carbocycles. The van der Waals surface area contributed by atoms with E-state index in [1.807, 2.05) is 19.0 Å². The molecule has 0 bridgehead atoms. The molecule has 0 aliphatic carbocycles. The van der Waals surface area contributed by atoms with E-state index in [0.717, 1.165) is 5.69 Å². The fourth-order valence-corrected chi connectivity index (χ4v) is 1.77. The van der Waals surface area contributed by atoms with E-state index in [2.05, 4.69) is 15.5 Å². The molecule has 0 aliphatic heterocycles. The first-order valence-electron chi connectivity index (χ1n) is 6.20. The number of nitrogens with zero attached hydrogens (tertiary/aromatic N) is 3. The zero-order valence-electron chi connectivity index (χ0n) is 11.7. The first kappa shape index (κ1) is 14.7. The fraction of sp³-hybridized carbons (Fsp3) is 0.231. The van der Waals surface area contributed by atoms with Crippen molar-refractivity contribution in [1.82, 2.24) is 15.1 Å². The summed E-state index contributed by atoms with van der Waals surface area (Å²) in [5.74, 6) is 0.0444. The van der Waals surface area contributed by atoms with Crippen LogP contribution in [0.3, 0.4) is 0 Å². The molecule has 0 fully saturated rings. The van der Waals surface area contributed by atoms with Gasteiger partial charge in [0.25, 0.3) is 11.6 Å². The van der Waals surface area contributed by atoms with Crippen LogP contribution >= 0.6 is 0 Å². The van der Waals surface area contributed by atoms with Crippen LogP contribution in [0, 0.1) is 10.1 Å². The fourth-order valence-electron chi connectivity index (χ4n) is 1.77. The highest BCUT2D eigenvalue weighted by atomic mass is 16.6. The smallest absolute Gasteiger partial charge is 0.269 e. The summed E-state index contributed by atoms with van der Waals surface area (Å²) < 4.78 is 0. The monoisotopic (exact) mass is 289 g/mol. The summed E-state index contributed by atoms with van der Waals surface area (Å²) in [6.07, 6.45) is 0. The molecule has 2 aromatic rings. The number of aromatic nitrogens is 2. The molecular weight excluding hydrogens is 274 g/mol. The van der Waals surface area contributed by atoms with E-state index in [9.17, 15) is 14.9 Å². The topological polar surface area (TPSA) is 104 Å². The number of hydrogen-bond donors (Lipinski definition) is 2. The Hall–Kier alpha value is -2.74. The van der Waals surface area contributed by atoms with Crippen LogP contribution in [0.25, 0.3) is 0 Å². The molecule has 2 rings (SSSR count). The van der Waals surface area contributed by atoms with Crippen LogP contribution in [0.2, 0.25) is 0 Å². The lowest BCUT2D eigenvalue weighted by molar-refractivity contribution is -0.384. The quantitative estimate of drug-likeness (QED) is 0.643. The molecule has 0 atom stereocenters. The van der Waals surface area contributed by atoms with Crippen molar-refractivity contribution < 1.29 is 9.72 Å². The van der Waals surface area contributed by atoms with E-state index in [-0.39, 0.29) is 11.6 Å². The van der Waals surface area contributed by atoms with Crippen LogP contribution in [0.4, 0.5) is 11.5 Å². The van der Waals surface area contributed by atoms with Gasteiger partial charge in [-0.2, -0.15) is 5.10 Å². The highest BCUT2D eigenvalue weighted by Crippen LogP contribution is 2.14. The second-order valence-corrected chi connectivity index (χ2v) is 4.77. The number of nitro benzene ring substituents is 1. The third kappa shape index (κ3) is 3.86. The largest absolute Gasteiger partial charge is 0.305 e. The predicted molar refractivity (Wildman–Crippen MR) is 77.0 cm³/mol. The van der Waals surface area contributed by atoms with Crippen LogP contribution in [-0.4, -0.2) is 40.0 Å². The molecule has 0 saturated heterocycles. The minimum Gasteiger partial charge on any atom is -0.305 e. The Bertz CT molecular complexity index is 648. The average Bonchev–Trinajstić information content (AvgIpc) is 2.85. The van der Waals surface area contributed by atoms with Gasteiger partial charge < -0.3 is 10.2 Å². The first-order chi connectivity index (χ1) is 9.95. The molecular formula is C13H15N5O3. The van der Waals surface area contributed by atoms with Gasteiger partial charge in [0.1, 0.15) is 0 Å². The summed E-state index contributed by atoms with van der Waals surface area (Å²) in [6, 6.07) is 7.12. The number of benzene rings is 1. The number of non-ortho nitro benzene ring substituents is 1. The minimum absolute atomic E-state index is 0.0559. The number of rotatable bonds is 5. The molecule has 1 aromatic heterocycles. The van der Waals surface area contributed by atoms with Gasteiger partial charge in [0.05, 0.1) is 10.6 Å². The molecule has 110 valence electrons. The third-order valence-electron chi connectivity index (χ3n) is 2.70. The number of aromatic amines is 1. The van der Waals surface area contributed by atoms with Crippen molar-refractivity contribution >= 4 is 17.4 Å². The van der Waals surface area contributed by atoms with Crippen molar-refractivity contribution in [3.05, 3.63) is 51.7 Å². The minimum atomic E-state index is -0.511. The lowest BCUT2D eigenvalue weighted by Gasteiger charge is -2.05. The molecule has 1 amide bonds. The van der Waals surface area contributed by atoms with E-state index < -0.39 is 4.92 Å². The van der Waals surface area contributed by atoms with Gasteiger partial charge in [0.2, 0.25) is 0 Å². The molecule has 1 aromatic carbocycles. The maximum atomic E-state index is 12.0. The summed E-state index contributed by atoms with van der Waals surface area (Å²) in [6.45, 7) is 0.681. The Morgan fingerprint density at radius 1 is 1.38 bits per heavy atom. The first-order valence-corrected chi connectivity index (χ1v) is 6.20. The van der Waals surface area contributed by atoms with Gasteiger partial charge in [-0.1, -0.05) is 0 Å². The second kappa shape index (κ2) is 6.14. The SMILES string of the molecule is CN(C)Cc1cc(NC(=O)c2ccc([N+](=O)[O-])cc2)n[nH]1. The van der Waals surface area contributed by atoms with Gasteiger partial charge in [0.15, 0.2) is 5.82 Å². The molecule has 0 radical (unpaired) electrons. The Balaban J connectivity index is 2.03. The van der Waals surface area contributed by atoms with Crippen molar-refractivity contribution in [3.63, 3.8) is 0 Å². The van der Waals surface area contributed by atoms with E-state index in [0.29, 0.717) is 17.9 Å². The van der Waals surface area contributed by atoms with Crippen molar-refractivity contribution in [2.45, 2.75) is 6.54 Å². The lowest BCUT2D eigenvalue weighted by Crippen LogP contribution is -2.12. The second-order valence-electron chi connectivity index (χ2n) is 4.77. The van der Waals surface area contributed by atoms with E-state index >= 15 is 0 Å². The highest BCUT2D eigenvalue weighted by Gasteiger charge is 2.11. The van der Waals surface area contributed by atoms with Crippen LogP contribution < -0.4 is 5.32 Å². The maximum Gasteiger partial charge on any atom is 0.269 e. The summed E-state index contributed by atoms with van der Waals surface area (Å²) in [4.78, 5) is 24.0. The summed E-state index contributed by atoms with van der Waals surface area (Å²) in [5, 5.41) is 20.0. The zero-order chi connectivity index (χ0) is 15.4. The van der Waals surface area contributed by atoms with Gasteiger partial charge >= 0.3 is 0 Å². The Labute approximate surface area is 120 Å². The number of H-pyrrole nitrogens is 1. The summed E-state index contributed by atoms with van der Waals surface area (Å²) in [7, 11) is 3.85. The van der Waals surface area contributed by atoms with Gasteiger partial charge in [-0.15, -0.1) is 0 Å². The molecule has 8 nitrogen and oxygen atoms in total. The number of anilines is 1. The molecule has 21 heavy (non-hydrogen) atoms. The highest BCUT2D eigenvalue weighted by molar-refractivity contribution is 6.03. The lowest BCUT2D eigenvalue weighted by atomic mass is 10.2. The van der Waals surface area contributed by atoms with Crippen LogP contribution in [0.15, 0.2) is 30.3 Å². The molecule has 0 spiro atoms. The van der Waals surface area contributed by atoms with Gasteiger partial charge in [-0.25, -0.2) is 0 Å². The van der Waals surface area contributed by atoms with Crippen molar-refractivity contribution in [1.29, 1.82) is 0 Å². The van der Waals surface area contributed by atoms with Crippen LogP contribution in [0.1, 0.15) is 16.1 Å². The Kier molecular flexibility index (Phi) is 4.29. The standard InChI is InChI=1S/C13H15N5O3/c1-17(2)8-10-7-12(16-15-10)14-13(19)9-3-5-11(6-4-9)18(20)21/h3-7H,8H2,1-2H3,(H2,14,15,16,19). The zero-order valence-corrected chi connectivity index (χ0v) is 11.7. The molecule has 1 heterocycles. The number of carbonyl (C=O) groups is 1. The molecule has 8 heteroatoms. The van der Waals surface area contributed by atoms with Gasteiger partial charge in [0, 0.05) is 30.3 Å². The van der Waals surface area contributed by atoms with Crippen molar-refractivity contribution in [2.75, 3.05) is 19.4 Å². The molecule has 2 N–H and O–H groups in total. The number of nitrogens with one attached hydrogen (secondary N) is 2. The number of amides is 1. The normalized spacial score (nSPS) is 10.6. The van der Waals surface area contributed by atoms with Crippen LogP contribution in [0.5, 0.6) is 0 Å². The Morgan fingerprint density at radius 2 is 2.05 bits per heavy atom. The number of hydrogen-bond acceptors (Lipinski definition) is 5. The van der Waals surface area contributed by atoms with Crippen molar-refractivity contribution in [2.24, 2.45) is 0 Å². The Morgan fingerprint density at radius 3 is 2.62 bits per heavy atom. The summed E-state index contributed by atoms with van der Waals surface area (Å²) >= 11 is 0. The van der Waals surface area contributed by atoms with Gasteiger partial charge in [-0.3, -0.25) is 20.0 Å². The number of nitro groups is 1. The van der Waals surface area contributed by atoms with Gasteiger partial charge in [-0.05, 0) is 26.2 Å². The van der Waals surface area contributed by atoms with Crippen LogP contribution in [-0.2, 0) is 6.54 Å². The molecule has 0 aliphatic rings. The average molecular weight is 289 g/mol. The van der Waals surface area contributed by atoms with E-state index in [1.54, 1.807) is 6.07 Å². The summed E-state index contributed by atoms with van der Waals surface area (Å²) in [5.41, 5.74) is 1.15.